The quantitative estimate of drug-likeness (QED) is 0.471. The smallest absolute Gasteiger partial charge is 0.164 e. The zero-order chi connectivity index (χ0) is 19.5. The molecule has 5 rings (SSSR count). The number of aromatic nitrogens is 5. The number of anilines is 2. The number of hydrogen-bond acceptors (Lipinski definition) is 8. The Bertz CT molecular complexity index is 1110. The number of pyridine rings is 1. The molecule has 4 aromatic rings. The number of fused-ring (bicyclic) bond motifs is 3. The average Bonchev–Trinajstić information content (AvgIpc) is 3.16. The highest BCUT2D eigenvalue weighted by Crippen LogP contribution is 2.39. The molecule has 29 heavy (non-hydrogen) atoms. The zero-order valence-electron chi connectivity index (χ0n) is 15.9. The van der Waals surface area contributed by atoms with Gasteiger partial charge in [-0.05, 0) is 43.4 Å². The Morgan fingerprint density at radius 1 is 0.931 bits per heavy atom. The highest BCUT2D eigenvalue weighted by atomic mass is 32.1. The van der Waals surface area contributed by atoms with E-state index in [-0.39, 0.29) is 0 Å². The van der Waals surface area contributed by atoms with Gasteiger partial charge in [0.25, 0.3) is 0 Å². The summed E-state index contributed by atoms with van der Waals surface area (Å²) in [5.41, 5.74) is 2.36. The maximum Gasteiger partial charge on any atom is 0.164 e. The number of nitrogens with zero attached hydrogens (tertiary/aromatic N) is 5. The average molecular weight is 404 g/mol. The molecule has 8 heteroatoms. The minimum absolute atomic E-state index is 0.716. The molecule has 2 N–H and O–H groups in total. The van der Waals surface area contributed by atoms with E-state index in [2.05, 4.69) is 25.6 Å². The monoisotopic (exact) mass is 403 g/mol. The molecular formula is C21H21N7S. The predicted molar refractivity (Wildman–Crippen MR) is 116 cm³/mol. The third-order valence-corrected chi connectivity index (χ3v) is 6.21. The SMILES string of the molecule is c1cncc(-c2nc(NCCNc3cnccn3)c3c4c(sc3n2)CCCC4)c1. The predicted octanol–water partition coefficient (Wildman–Crippen LogP) is 3.95. The molecule has 4 aromatic heterocycles. The number of aryl methyl sites for hydroxylation is 2. The minimum atomic E-state index is 0.716. The first kappa shape index (κ1) is 17.9. The fraction of sp³-hybridized carbons (Fsp3) is 0.286. The molecule has 1 aliphatic carbocycles. The van der Waals surface area contributed by atoms with Gasteiger partial charge in [0.2, 0.25) is 0 Å². The van der Waals surface area contributed by atoms with Crippen LogP contribution in [0, 0.1) is 0 Å². The van der Waals surface area contributed by atoms with Crippen LogP contribution in [-0.2, 0) is 12.8 Å². The Morgan fingerprint density at radius 2 is 1.83 bits per heavy atom. The lowest BCUT2D eigenvalue weighted by Crippen LogP contribution is -2.15. The molecule has 0 aliphatic heterocycles. The van der Waals surface area contributed by atoms with E-state index in [1.807, 2.05) is 29.7 Å². The van der Waals surface area contributed by atoms with Crippen LogP contribution in [0.2, 0.25) is 0 Å². The van der Waals surface area contributed by atoms with E-state index < -0.39 is 0 Å². The van der Waals surface area contributed by atoms with Crippen molar-refractivity contribution in [2.45, 2.75) is 25.7 Å². The summed E-state index contributed by atoms with van der Waals surface area (Å²) in [6.07, 6.45) is 13.4. The van der Waals surface area contributed by atoms with Gasteiger partial charge in [-0.2, -0.15) is 0 Å². The normalized spacial score (nSPS) is 13.2. The van der Waals surface area contributed by atoms with E-state index in [4.69, 9.17) is 9.97 Å². The summed E-state index contributed by atoms with van der Waals surface area (Å²) in [6.45, 7) is 1.44. The molecule has 0 amide bonds. The van der Waals surface area contributed by atoms with Gasteiger partial charge in [0.05, 0.1) is 11.6 Å². The highest BCUT2D eigenvalue weighted by Gasteiger charge is 2.21. The molecule has 0 unspecified atom stereocenters. The molecule has 0 spiro atoms. The van der Waals surface area contributed by atoms with Gasteiger partial charge in [-0.3, -0.25) is 9.97 Å². The molecule has 1 aliphatic rings. The first-order chi connectivity index (χ1) is 14.4. The van der Waals surface area contributed by atoms with Crippen molar-refractivity contribution in [3.63, 3.8) is 0 Å². The van der Waals surface area contributed by atoms with Crippen LogP contribution < -0.4 is 10.6 Å². The van der Waals surface area contributed by atoms with Crippen molar-refractivity contribution >= 4 is 33.2 Å². The minimum Gasteiger partial charge on any atom is -0.368 e. The van der Waals surface area contributed by atoms with E-state index in [0.717, 1.165) is 48.0 Å². The highest BCUT2D eigenvalue weighted by molar-refractivity contribution is 7.19. The summed E-state index contributed by atoms with van der Waals surface area (Å²) in [7, 11) is 0. The largest absolute Gasteiger partial charge is 0.368 e. The van der Waals surface area contributed by atoms with Crippen molar-refractivity contribution in [1.82, 2.24) is 24.9 Å². The summed E-state index contributed by atoms with van der Waals surface area (Å²) >= 11 is 1.81. The van der Waals surface area contributed by atoms with Crippen LogP contribution in [0.1, 0.15) is 23.3 Å². The molecule has 0 aromatic carbocycles. The first-order valence-corrected chi connectivity index (χ1v) is 10.7. The Labute approximate surface area is 172 Å². The van der Waals surface area contributed by atoms with Gasteiger partial charge in [-0.1, -0.05) is 0 Å². The molecular weight excluding hydrogens is 382 g/mol. The van der Waals surface area contributed by atoms with E-state index in [1.165, 1.54) is 28.7 Å². The van der Waals surface area contributed by atoms with Crippen LogP contribution >= 0.6 is 11.3 Å². The summed E-state index contributed by atoms with van der Waals surface area (Å²) < 4.78 is 0. The molecule has 0 radical (unpaired) electrons. The van der Waals surface area contributed by atoms with Crippen molar-refractivity contribution < 1.29 is 0 Å². The fourth-order valence-electron chi connectivity index (χ4n) is 3.67. The van der Waals surface area contributed by atoms with Gasteiger partial charge in [0, 0.05) is 48.3 Å². The second-order valence-electron chi connectivity index (χ2n) is 6.97. The standard InChI is InChI=1S/C21H21N7S/c1-2-6-16-15(5-1)18-20(26-11-10-25-17-13-23-8-9-24-17)27-19(28-21(18)29-16)14-4-3-7-22-12-14/h3-4,7-9,12-13H,1-2,5-6,10-11H2,(H,24,25)(H,26,27,28). The van der Waals surface area contributed by atoms with Crippen molar-refractivity contribution in [3.05, 3.63) is 53.6 Å². The van der Waals surface area contributed by atoms with Crippen molar-refractivity contribution in [1.29, 1.82) is 0 Å². The number of thiophene rings is 1. The Kier molecular flexibility index (Phi) is 5.00. The van der Waals surface area contributed by atoms with Crippen LogP contribution in [0.4, 0.5) is 11.6 Å². The third kappa shape index (κ3) is 3.75. The second kappa shape index (κ2) is 8.08. The Morgan fingerprint density at radius 3 is 2.69 bits per heavy atom. The van der Waals surface area contributed by atoms with Crippen LogP contribution in [0.25, 0.3) is 21.6 Å². The van der Waals surface area contributed by atoms with Gasteiger partial charge in [0.15, 0.2) is 5.82 Å². The zero-order valence-corrected chi connectivity index (χ0v) is 16.7. The molecule has 0 bridgehead atoms. The number of hydrogen-bond donors (Lipinski definition) is 2. The molecule has 0 atom stereocenters. The molecule has 0 saturated carbocycles. The molecule has 7 nitrogen and oxygen atoms in total. The lowest BCUT2D eigenvalue weighted by Gasteiger charge is -2.13. The molecule has 0 fully saturated rings. The Balaban J connectivity index is 1.45. The van der Waals surface area contributed by atoms with Crippen molar-refractivity contribution in [3.8, 4) is 11.4 Å². The summed E-state index contributed by atoms with van der Waals surface area (Å²) in [5.74, 6) is 2.40. The van der Waals surface area contributed by atoms with E-state index in [1.54, 1.807) is 24.8 Å². The molecule has 0 saturated heterocycles. The van der Waals surface area contributed by atoms with Crippen molar-refractivity contribution in [2.75, 3.05) is 23.7 Å². The lowest BCUT2D eigenvalue weighted by atomic mass is 9.97. The van der Waals surface area contributed by atoms with Crippen molar-refractivity contribution in [2.24, 2.45) is 0 Å². The number of rotatable bonds is 6. The maximum atomic E-state index is 4.88. The van der Waals surface area contributed by atoms with Gasteiger partial charge >= 0.3 is 0 Å². The van der Waals surface area contributed by atoms with Crippen LogP contribution in [0.5, 0.6) is 0 Å². The van der Waals surface area contributed by atoms with Gasteiger partial charge in [-0.25, -0.2) is 15.0 Å². The van der Waals surface area contributed by atoms with E-state index in [9.17, 15) is 0 Å². The van der Waals surface area contributed by atoms with E-state index in [0.29, 0.717) is 5.82 Å². The van der Waals surface area contributed by atoms with Gasteiger partial charge in [0.1, 0.15) is 16.5 Å². The summed E-state index contributed by atoms with van der Waals surface area (Å²) in [5, 5.41) is 8.00. The Hall–Kier alpha value is -3.13. The van der Waals surface area contributed by atoms with Gasteiger partial charge in [-0.15, -0.1) is 11.3 Å². The second-order valence-corrected chi connectivity index (χ2v) is 8.06. The maximum absolute atomic E-state index is 4.88. The number of nitrogens with one attached hydrogen (secondary N) is 2. The third-order valence-electron chi connectivity index (χ3n) is 5.02. The summed E-state index contributed by atoms with van der Waals surface area (Å²) in [4.78, 5) is 24.8. The molecule has 4 heterocycles. The van der Waals surface area contributed by atoms with Crippen LogP contribution in [0.15, 0.2) is 43.1 Å². The van der Waals surface area contributed by atoms with Gasteiger partial charge < -0.3 is 10.6 Å². The fourth-order valence-corrected chi connectivity index (χ4v) is 4.93. The van der Waals surface area contributed by atoms with E-state index >= 15 is 0 Å². The molecule has 146 valence electrons. The summed E-state index contributed by atoms with van der Waals surface area (Å²) in [6, 6.07) is 3.92. The lowest BCUT2D eigenvalue weighted by molar-refractivity contribution is 0.700. The topological polar surface area (TPSA) is 88.5 Å². The first-order valence-electron chi connectivity index (χ1n) is 9.85. The van der Waals surface area contributed by atoms with Crippen LogP contribution in [0.3, 0.4) is 0 Å². The van der Waals surface area contributed by atoms with Crippen LogP contribution in [-0.4, -0.2) is 38.0 Å².